The zero-order valence-corrected chi connectivity index (χ0v) is 11.7. The molecule has 0 bridgehead atoms. The van der Waals surface area contributed by atoms with Gasteiger partial charge >= 0.3 is 0 Å². The van der Waals surface area contributed by atoms with Crippen molar-refractivity contribution in [2.45, 2.75) is 0 Å². The minimum atomic E-state index is -0.358. The molecule has 3 heteroatoms. The molecule has 0 aliphatic heterocycles. The molecule has 0 amide bonds. The highest BCUT2D eigenvalue weighted by Gasteiger charge is 2.11. The summed E-state index contributed by atoms with van der Waals surface area (Å²) in [5.74, 6) is -0.720. The van der Waals surface area contributed by atoms with Gasteiger partial charge in [0.1, 0.15) is 11.6 Å². The molecule has 2 nitrogen and oxygen atoms in total. The van der Waals surface area contributed by atoms with Gasteiger partial charge in [-0.05, 0) is 35.2 Å². The molecule has 0 fully saturated rings. The van der Waals surface area contributed by atoms with Crippen molar-refractivity contribution in [1.29, 1.82) is 0 Å². The highest BCUT2D eigenvalue weighted by Crippen LogP contribution is 2.29. The molecule has 22 heavy (non-hydrogen) atoms. The zero-order chi connectivity index (χ0) is 15.5. The van der Waals surface area contributed by atoms with Crippen LogP contribution in [-0.2, 0) is 0 Å². The quantitative estimate of drug-likeness (QED) is 0.566. The number of hydrogen-bond donors (Lipinski definition) is 1. The number of carbonyl (C=O) groups excluding carboxylic acids is 1. The van der Waals surface area contributed by atoms with E-state index in [9.17, 15) is 14.3 Å². The summed E-state index contributed by atoms with van der Waals surface area (Å²) in [6.45, 7) is 0. The first-order chi connectivity index (χ1) is 10.6. The van der Waals surface area contributed by atoms with Crippen molar-refractivity contribution in [1.82, 2.24) is 0 Å². The third kappa shape index (κ3) is 2.74. The van der Waals surface area contributed by atoms with E-state index in [0.717, 1.165) is 5.39 Å². The molecule has 1 N–H and O–H groups in total. The van der Waals surface area contributed by atoms with Crippen LogP contribution in [0.25, 0.3) is 16.8 Å². The molecule has 0 spiro atoms. The lowest BCUT2D eigenvalue weighted by Crippen LogP contribution is -1.95. The van der Waals surface area contributed by atoms with Gasteiger partial charge in [-0.25, -0.2) is 4.39 Å². The Hall–Kier alpha value is -2.94. The maximum absolute atomic E-state index is 13.1. The fraction of sp³-hybridized carbons (Fsp3) is 0. The monoisotopic (exact) mass is 292 g/mol. The summed E-state index contributed by atoms with van der Waals surface area (Å²) >= 11 is 0. The van der Waals surface area contributed by atoms with Crippen LogP contribution < -0.4 is 0 Å². The Balaban J connectivity index is 1.94. The van der Waals surface area contributed by atoms with E-state index in [1.54, 1.807) is 36.4 Å². The third-order valence-electron chi connectivity index (χ3n) is 3.44. The fourth-order valence-corrected chi connectivity index (χ4v) is 2.33. The number of phenols is 1. The van der Waals surface area contributed by atoms with Crippen LogP contribution in [0.3, 0.4) is 0 Å². The molecule has 3 aromatic rings. The van der Waals surface area contributed by atoms with Crippen LogP contribution in [0.5, 0.6) is 5.75 Å². The predicted molar refractivity (Wildman–Crippen MR) is 85.4 cm³/mol. The standard InChI is InChI=1S/C19H13FO2/c20-15-6-3-4-13(12-15)8-11-18(21)17-10-9-14-5-1-2-7-16(14)19(17)22/h1-12,22H/b11-8+. The van der Waals surface area contributed by atoms with Gasteiger partial charge in [0.25, 0.3) is 0 Å². The van der Waals surface area contributed by atoms with Crippen molar-refractivity contribution in [2.24, 2.45) is 0 Å². The van der Waals surface area contributed by atoms with E-state index in [1.165, 1.54) is 24.3 Å². The van der Waals surface area contributed by atoms with Gasteiger partial charge in [-0.2, -0.15) is 0 Å². The maximum atomic E-state index is 13.1. The molecule has 0 aromatic heterocycles. The fourth-order valence-electron chi connectivity index (χ4n) is 2.33. The van der Waals surface area contributed by atoms with Crippen LogP contribution in [0, 0.1) is 5.82 Å². The Morgan fingerprint density at radius 3 is 2.64 bits per heavy atom. The number of halogens is 1. The normalized spacial score (nSPS) is 11.1. The Morgan fingerprint density at radius 2 is 1.82 bits per heavy atom. The van der Waals surface area contributed by atoms with E-state index in [0.29, 0.717) is 10.9 Å². The maximum Gasteiger partial charge on any atom is 0.189 e. The van der Waals surface area contributed by atoms with Crippen molar-refractivity contribution >= 4 is 22.6 Å². The minimum Gasteiger partial charge on any atom is -0.507 e. The van der Waals surface area contributed by atoms with Gasteiger partial charge in [0, 0.05) is 5.39 Å². The summed E-state index contributed by atoms with van der Waals surface area (Å²) < 4.78 is 13.1. The molecule has 3 rings (SSSR count). The van der Waals surface area contributed by atoms with Crippen LogP contribution in [0.4, 0.5) is 4.39 Å². The highest BCUT2D eigenvalue weighted by atomic mass is 19.1. The molecular formula is C19H13FO2. The van der Waals surface area contributed by atoms with Crippen LogP contribution in [-0.4, -0.2) is 10.9 Å². The molecule has 0 heterocycles. The summed E-state index contributed by atoms with van der Waals surface area (Å²) in [4.78, 5) is 12.2. The second kappa shape index (κ2) is 5.82. The number of rotatable bonds is 3. The molecule has 108 valence electrons. The molecule has 0 atom stereocenters. The van der Waals surface area contributed by atoms with Crippen LogP contribution in [0.1, 0.15) is 15.9 Å². The van der Waals surface area contributed by atoms with E-state index in [2.05, 4.69) is 0 Å². The molecule has 0 unspecified atom stereocenters. The molecular weight excluding hydrogens is 279 g/mol. The number of phenolic OH excluding ortho intramolecular Hbond substituents is 1. The van der Waals surface area contributed by atoms with E-state index in [1.807, 2.05) is 12.1 Å². The van der Waals surface area contributed by atoms with Crippen molar-refractivity contribution in [3.63, 3.8) is 0 Å². The summed E-state index contributed by atoms with van der Waals surface area (Å²) in [5, 5.41) is 11.7. The average Bonchev–Trinajstić information content (AvgIpc) is 2.53. The summed E-state index contributed by atoms with van der Waals surface area (Å²) in [7, 11) is 0. The largest absolute Gasteiger partial charge is 0.507 e. The molecule has 0 radical (unpaired) electrons. The van der Waals surface area contributed by atoms with Gasteiger partial charge in [0.05, 0.1) is 5.56 Å². The smallest absolute Gasteiger partial charge is 0.189 e. The highest BCUT2D eigenvalue weighted by molar-refractivity contribution is 6.11. The van der Waals surface area contributed by atoms with Gasteiger partial charge < -0.3 is 5.11 Å². The first-order valence-corrected chi connectivity index (χ1v) is 6.84. The van der Waals surface area contributed by atoms with Crippen LogP contribution in [0.15, 0.2) is 66.7 Å². The van der Waals surface area contributed by atoms with E-state index in [-0.39, 0.29) is 22.9 Å². The number of fused-ring (bicyclic) bond motifs is 1. The Morgan fingerprint density at radius 1 is 1.00 bits per heavy atom. The van der Waals surface area contributed by atoms with Gasteiger partial charge in [0.15, 0.2) is 5.78 Å². The molecule has 0 saturated heterocycles. The van der Waals surface area contributed by atoms with Gasteiger partial charge in [-0.15, -0.1) is 0 Å². The number of hydrogen-bond acceptors (Lipinski definition) is 2. The van der Waals surface area contributed by atoms with Gasteiger partial charge in [-0.3, -0.25) is 4.79 Å². The van der Waals surface area contributed by atoms with Crippen molar-refractivity contribution in [2.75, 3.05) is 0 Å². The Kier molecular flexibility index (Phi) is 3.71. The third-order valence-corrected chi connectivity index (χ3v) is 3.44. The number of ketones is 1. The number of benzene rings is 3. The number of allylic oxidation sites excluding steroid dienone is 1. The van der Waals surface area contributed by atoms with Crippen LogP contribution >= 0.6 is 0 Å². The average molecular weight is 292 g/mol. The minimum absolute atomic E-state index is 0.0352. The molecule has 0 aliphatic rings. The van der Waals surface area contributed by atoms with Crippen molar-refractivity contribution in [3.8, 4) is 5.75 Å². The lowest BCUT2D eigenvalue weighted by molar-refractivity contribution is 0.104. The van der Waals surface area contributed by atoms with E-state index < -0.39 is 0 Å². The molecule has 0 aliphatic carbocycles. The Labute approximate surface area is 127 Å². The predicted octanol–water partition coefficient (Wildman–Crippen LogP) is 4.58. The van der Waals surface area contributed by atoms with Crippen molar-refractivity contribution in [3.05, 3.63) is 83.7 Å². The summed E-state index contributed by atoms with van der Waals surface area (Å²) in [6.07, 6.45) is 2.86. The second-order valence-electron chi connectivity index (χ2n) is 4.94. The van der Waals surface area contributed by atoms with Gasteiger partial charge in [-0.1, -0.05) is 48.5 Å². The summed E-state index contributed by atoms with van der Waals surface area (Å²) in [5.41, 5.74) is 0.819. The number of carbonyl (C=O) groups is 1. The SMILES string of the molecule is O=C(/C=C/c1cccc(F)c1)c1ccc2ccccc2c1O. The summed E-state index contributed by atoms with van der Waals surface area (Å²) in [6, 6.07) is 16.6. The number of aromatic hydroxyl groups is 1. The van der Waals surface area contributed by atoms with E-state index >= 15 is 0 Å². The lowest BCUT2D eigenvalue weighted by Gasteiger charge is -2.05. The van der Waals surface area contributed by atoms with Crippen molar-refractivity contribution < 1.29 is 14.3 Å². The Bertz CT molecular complexity index is 881. The van der Waals surface area contributed by atoms with E-state index in [4.69, 9.17) is 0 Å². The molecule has 0 saturated carbocycles. The van der Waals surface area contributed by atoms with Crippen LogP contribution in [0.2, 0.25) is 0 Å². The topological polar surface area (TPSA) is 37.3 Å². The first kappa shape index (κ1) is 14.0. The first-order valence-electron chi connectivity index (χ1n) is 6.84. The lowest BCUT2D eigenvalue weighted by atomic mass is 10.0. The second-order valence-corrected chi connectivity index (χ2v) is 4.94. The van der Waals surface area contributed by atoms with Gasteiger partial charge in [0.2, 0.25) is 0 Å². The molecule has 3 aromatic carbocycles. The zero-order valence-electron chi connectivity index (χ0n) is 11.7.